The second kappa shape index (κ2) is 7.16. The van der Waals surface area contributed by atoms with Crippen molar-refractivity contribution in [2.24, 2.45) is 0 Å². The highest BCUT2D eigenvalue weighted by Crippen LogP contribution is 2.35. The largest absolute Gasteiger partial charge is 0.305 e. The Labute approximate surface area is 158 Å². The molecule has 3 heterocycles. The van der Waals surface area contributed by atoms with Crippen LogP contribution in [-0.4, -0.2) is 21.1 Å². The molecule has 1 aliphatic rings. The normalized spacial score (nSPS) is 12.2. The van der Waals surface area contributed by atoms with Gasteiger partial charge in [0.05, 0.1) is 6.54 Å². The molecule has 0 bridgehead atoms. The summed E-state index contributed by atoms with van der Waals surface area (Å²) in [6.45, 7) is -0.186. The van der Waals surface area contributed by atoms with Crippen LogP contribution in [0.1, 0.15) is 27.0 Å². The summed E-state index contributed by atoms with van der Waals surface area (Å²) in [5.74, 6) is -1.81. The number of benzene rings is 1. The second-order valence-corrected chi connectivity index (χ2v) is 6.11. The Morgan fingerprint density at radius 1 is 1.00 bits per heavy atom. The van der Waals surface area contributed by atoms with E-state index in [9.17, 15) is 13.6 Å². The first-order valence-corrected chi connectivity index (χ1v) is 8.36. The number of halogens is 2. The molecule has 0 saturated carbocycles. The molecule has 1 aromatic carbocycles. The highest BCUT2D eigenvalue weighted by molar-refractivity contribution is 5.93. The molecule has 4 rings (SSSR count). The Hall–Kier alpha value is -3.65. The van der Waals surface area contributed by atoms with Crippen molar-refractivity contribution in [3.05, 3.63) is 82.7 Å². The predicted octanol–water partition coefficient (Wildman–Crippen LogP) is 3.70. The minimum atomic E-state index is -0.998. The summed E-state index contributed by atoms with van der Waals surface area (Å²) >= 11 is 0. The standard InChI is InChI=1S/C20H14F2N4O2/c21-16-9-14(20(27)25-28)10-17(22)15(16)11-26-18-12(3-1-7-23-18)5-6-13-4-2-8-24-19(13)26/h1-10,28H,11H2,(H,25,27). The van der Waals surface area contributed by atoms with Gasteiger partial charge in [0.1, 0.15) is 23.3 Å². The molecule has 140 valence electrons. The third kappa shape index (κ3) is 3.10. The van der Waals surface area contributed by atoms with Crippen LogP contribution >= 0.6 is 0 Å². The number of carbonyl (C=O) groups is 1. The molecule has 6 nitrogen and oxygen atoms in total. The van der Waals surface area contributed by atoms with E-state index in [2.05, 4.69) is 9.97 Å². The van der Waals surface area contributed by atoms with E-state index in [1.165, 1.54) is 5.48 Å². The molecule has 0 fully saturated rings. The lowest BCUT2D eigenvalue weighted by atomic mass is 10.1. The fourth-order valence-corrected chi connectivity index (χ4v) is 3.07. The lowest BCUT2D eigenvalue weighted by Crippen LogP contribution is -2.23. The molecule has 0 spiro atoms. The molecule has 1 amide bonds. The Morgan fingerprint density at radius 2 is 1.54 bits per heavy atom. The van der Waals surface area contributed by atoms with Crippen molar-refractivity contribution >= 4 is 29.7 Å². The molecular weight excluding hydrogens is 366 g/mol. The fraction of sp³-hybridized carbons (Fsp3) is 0.0500. The summed E-state index contributed by atoms with van der Waals surface area (Å²) in [6.07, 6.45) is 6.92. The number of fused-ring (bicyclic) bond motifs is 2. The number of hydrogen-bond donors (Lipinski definition) is 2. The van der Waals surface area contributed by atoms with Gasteiger partial charge in [0.15, 0.2) is 0 Å². The highest BCUT2D eigenvalue weighted by Gasteiger charge is 2.24. The van der Waals surface area contributed by atoms with Crippen LogP contribution < -0.4 is 10.4 Å². The number of aromatic nitrogens is 2. The maximum Gasteiger partial charge on any atom is 0.274 e. The zero-order valence-electron chi connectivity index (χ0n) is 14.4. The molecule has 8 heteroatoms. The van der Waals surface area contributed by atoms with Crippen LogP contribution in [0, 0.1) is 11.6 Å². The average molecular weight is 380 g/mol. The summed E-state index contributed by atoms with van der Waals surface area (Å²) in [5, 5.41) is 8.67. The summed E-state index contributed by atoms with van der Waals surface area (Å²) in [4.78, 5) is 21.8. The third-order valence-corrected chi connectivity index (χ3v) is 4.41. The maximum absolute atomic E-state index is 14.6. The third-order valence-electron chi connectivity index (χ3n) is 4.41. The lowest BCUT2D eigenvalue weighted by molar-refractivity contribution is 0.0705. The molecule has 2 aromatic heterocycles. The summed E-state index contributed by atoms with van der Waals surface area (Å²) < 4.78 is 29.3. The monoisotopic (exact) mass is 380 g/mol. The van der Waals surface area contributed by atoms with E-state index >= 15 is 0 Å². The number of pyridine rings is 2. The van der Waals surface area contributed by atoms with E-state index in [-0.39, 0.29) is 17.7 Å². The van der Waals surface area contributed by atoms with Crippen LogP contribution in [0.4, 0.5) is 20.4 Å². The van der Waals surface area contributed by atoms with Crippen LogP contribution in [0.15, 0.2) is 48.8 Å². The van der Waals surface area contributed by atoms with Gasteiger partial charge in [-0.15, -0.1) is 0 Å². The second-order valence-electron chi connectivity index (χ2n) is 6.11. The van der Waals surface area contributed by atoms with Crippen LogP contribution in [0.25, 0.3) is 12.2 Å². The minimum Gasteiger partial charge on any atom is -0.305 e. The van der Waals surface area contributed by atoms with E-state index in [1.807, 2.05) is 24.3 Å². The zero-order chi connectivity index (χ0) is 19.7. The number of amides is 1. The number of nitrogens with one attached hydrogen (secondary N) is 1. The van der Waals surface area contributed by atoms with E-state index in [0.717, 1.165) is 23.3 Å². The summed E-state index contributed by atoms with van der Waals surface area (Å²) in [6, 6.07) is 8.98. The van der Waals surface area contributed by atoms with Crippen molar-refractivity contribution in [2.45, 2.75) is 6.54 Å². The number of hydroxylamine groups is 1. The van der Waals surface area contributed by atoms with Gasteiger partial charge in [-0.1, -0.05) is 12.2 Å². The first-order chi connectivity index (χ1) is 13.6. The molecule has 28 heavy (non-hydrogen) atoms. The number of carbonyl (C=O) groups excluding carboxylic acids is 1. The molecule has 0 atom stereocenters. The van der Waals surface area contributed by atoms with Crippen molar-refractivity contribution in [2.75, 3.05) is 4.90 Å². The lowest BCUT2D eigenvalue weighted by Gasteiger charge is -2.25. The first-order valence-electron chi connectivity index (χ1n) is 8.36. The van der Waals surface area contributed by atoms with E-state index in [4.69, 9.17) is 5.21 Å². The smallest absolute Gasteiger partial charge is 0.274 e. The quantitative estimate of drug-likeness (QED) is 0.535. The number of nitrogens with zero attached hydrogens (tertiary/aromatic N) is 3. The van der Waals surface area contributed by atoms with Crippen molar-refractivity contribution < 1.29 is 18.8 Å². The predicted molar refractivity (Wildman–Crippen MR) is 98.9 cm³/mol. The SMILES string of the molecule is O=C(NO)c1cc(F)c(CN2c3ncccc3C=Cc3cccnc32)c(F)c1. The average Bonchev–Trinajstić information content (AvgIpc) is 2.87. The maximum atomic E-state index is 14.6. The van der Waals surface area contributed by atoms with Gasteiger partial charge in [0, 0.05) is 34.6 Å². The Kier molecular flexibility index (Phi) is 4.54. The minimum absolute atomic E-state index is 0.186. The molecule has 0 unspecified atom stereocenters. The molecule has 1 aliphatic heterocycles. The van der Waals surface area contributed by atoms with Gasteiger partial charge < -0.3 is 4.90 Å². The van der Waals surface area contributed by atoms with Gasteiger partial charge in [0.25, 0.3) is 5.91 Å². The topological polar surface area (TPSA) is 78.4 Å². The number of anilines is 2. The van der Waals surface area contributed by atoms with Crippen molar-refractivity contribution in [1.82, 2.24) is 15.4 Å². The van der Waals surface area contributed by atoms with Gasteiger partial charge in [-0.2, -0.15) is 0 Å². The van der Waals surface area contributed by atoms with Crippen LogP contribution in [0.3, 0.4) is 0 Å². The van der Waals surface area contributed by atoms with Crippen LogP contribution in [0.5, 0.6) is 0 Å². The Balaban J connectivity index is 1.82. The van der Waals surface area contributed by atoms with Gasteiger partial charge >= 0.3 is 0 Å². The molecule has 0 saturated heterocycles. The molecule has 0 radical (unpaired) electrons. The first kappa shape index (κ1) is 17.7. The van der Waals surface area contributed by atoms with Gasteiger partial charge in [-0.05, 0) is 36.4 Å². The van der Waals surface area contributed by atoms with Crippen LogP contribution in [-0.2, 0) is 6.54 Å². The van der Waals surface area contributed by atoms with Crippen molar-refractivity contribution in [3.63, 3.8) is 0 Å². The van der Waals surface area contributed by atoms with Crippen molar-refractivity contribution in [1.29, 1.82) is 0 Å². The summed E-state index contributed by atoms with van der Waals surface area (Å²) in [5.41, 5.74) is 2.34. The Morgan fingerprint density at radius 3 is 2.04 bits per heavy atom. The zero-order valence-corrected chi connectivity index (χ0v) is 14.4. The number of hydrogen-bond acceptors (Lipinski definition) is 5. The van der Waals surface area contributed by atoms with Gasteiger partial charge in [-0.3, -0.25) is 10.0 Å². The molecule has 2 N–H and O–H groups in total. The Bertz CT molecular complexity index is 1030. The van der Waals surface area contributed by atoms with Gasteiger partial charge in [-0.25, -0.2) is 24.2 Å². The summed E-state index contributed by atoms with van der Waals surface area (Å²) in [7, 11) is 0. The highest BCUT2D eigenvalue weighted by atomic mass is 19.1. The van der Waals surface area contributed by atoms with Gasteiger partial charge in [0.2, 0.25) is 0 Å². The van der Waals surface area contributed by atoms with Crippen molar-refractivity contribution in [3.8, 4) is 0 Å². The van der Waals surface area contributed by atoms with E-state index < -0.39 is 17.5 Å². The number of rotatable bonds is 3. The molecule has 0 aliphatic carbocycles. The van der Waals surface area contributed by atoms with Crippen LogP contribution in [0.2, 0.25) is 0 Å². The molecule has 3 aromatic rings. The van der Waals surface area contributed by atoms with E-state index in [1.54, 1.807) is 29.4 Å². The fourth-order valence-electron chi connectivity index (χ4n) is 3.07. The molecular formula is C20H14F2N4O2. The van der Waals surface area contributed by atoms with E-state index in [0.29, 0.717) is 11.6 Å².